The maximum Gasteiger partial charge on any atom is 0.140 e. The number of hydrogen-bond acceptors (Lipinski definition) is 5. The molecule has 0 spiro atoms. The smallest absolute Gasteiger partial charge is 0.140 e. The van der Waals surface area contributed by atoms with Gasteiger partial charge in [0.1, 0.15) is 12.1 Å². The lowest BCUT2D eigenvalue weighted by Crippen LogP contribution is -2.45. The van der Waals surface area contributed by atoms with E-state index in [0.29, 0.717) is 0 Å². The average Bonchev–Trinajstić information content (AvgIpc) is 2.49. The van der Waals surface area contributed by atoms with Crippen LogP contribution in [0.1, 0.15) is 0 Å². The Morgan fingerprint density at radius 1 is 1.05 bits per heavy atom. The fourth-order valence-electron chi connectivity index (χ4n) is 2.32. The van der Waals surface area contributed by atoms with E-state index in [1.165, 1.54) is 0 Å². The summed E-state index contributed by atoms with van der Waals surface area (Å²) in [5.41, 5.74) is 2.12. The maximum absolute atomic E-state index is 4.47. The van der Waals surface area contributed by atoms with Crippen LogP contribution in [0.15, 0.2) is 37.1 Å². The number of likely N-dealkylation sites (N-methyl/N-ethyl adjacent to an activating group) is 1. The first-order valence-corrected chi connectivity index (χ1v) is 6.48. The van der Waals surface area contributed by atoms with E-state index in [0.717, 1.165) is 43.1 Å². The Hall–Kier alpha value is -2.01. The lowest BCUT2D eigenvalue weighted by molar-refractivity contribution is 0.312. The van der Waals surface area contributed by atoms with Gasteiger partial charge in [0.25, 0.3) is 0 Å². The number of anilines is 1. The molecule has 1 fully saturated rings. The fourth-order valence-corrected chi connectivity index (χ4v) is 2.32. The molecule has 0 aliphatic carbocycles. The van der Waals surface area contributed by atoms with Crippen LogP contribution in [0, 0.1) is 0 Å². The van der Waals surface area contributed by atoms with Crippen LogP contribution in [0.3, 0.4) is 0 Å². The highest BCUT2D eigenvalue weighted by molar-refractivity contribution is 5.74. The molecule has 5 heteroatoms. The first-order valence-electron chi connectivity index (χ1n) is 6.48. The van der Waals surface area contributed by atoms with Crippen LogP contribution in [0.25, 0.3) is 11.1 Å². The zero-order chi connectivity index (χ0) is 13.1. The number of aromatic nitrogens is 3. The van der Waals surface area contributed by atoms with E-state index in [2.05, 4.69) is 31.8 Å². The molecule has 3 heterocycles. The summed E-state index contributed by atoms with van der Waals surface area (Å²) >= 11 is 0. The van der Waals surface area contributed by atoms with E-state index in [4.69, 9.17) is 0 Å². The Morgan fingerprint density at radius 2 is 1.89 bits per heavy atom. The quantitative estimate of drug-likeness (QED) is 0.809. The molecule has 1 aliphatic heterocycles. The maximum atomic E-state index is 4.47. The summed E-state index contributed by atoms with van der Waals surface area (Å²) in [5.74, 6) is 1.01. The van der Waals surface area contributed by atoms with Gasteiger partial charge in [0.15, 0.2) is 0 Å². The third kappa shape index (κ3) is 2.56. The number of piperazine rings is 1. The summed E-state index contributed by atoms with van der Waals surface area (Å²) in [6.07, 6.45) is 7.13. The Labute approximate surface area is 112 Å². The molecule has 2 aromatic rings. The van der Waals surface area contributed by atoms with Crippen molar-refractivity contribution in [2.45, 2.75) is 0 Å². The molecule has 19 heavy (non-hydrogen) atoms. The van der Waals surface area contributed by atoms with Crippen LogP contribution in [-0.4, -0.2) is 53.1 Å². The Balaban J connectivity index is 1.94. The van der Waals surface area contributed by atoms with Crippen LogP contribution >= 0.6 is 0 Å². The number of rotatable bonds is 2. The molecule has 0 amide bonds. The summed E-state index contributed by atoms with van der Waals surface area (Å²) < 4.78 is 0. The molecule has 0 unspecified atom stereocenters. The monoisotopic (exact) mass is 255 g/mol. The van der Waals surface area contributed by atoms with Gasteiger partial charge in [-0.2, -0.15) is 0 Å². The van der Waals surface area contributed by atoms with E-state index in [1.807, 2.05) is 24.5 Å². The Bertz CT molecular complexity index is 535. The van der Waals surface area contributed by atoms with Crippen molar-refractivity contribution in [2.24, 2.45) is 0 Å². The van der Waals surface area contributed by atoms with Gasteiger partial charge in [0.05, 0.1) is 0 Å². The first kappa shape index (κ1) is 12.0. The Morgan fingerprint density at radius 3 is 2.63 bits per heavy atom. The molecular weight excluding hydrogens is 238 g/mol. The van der Waals surface area contributed by atoms with Crippen molar-refractivity contribution in [2.75, 3.05) is 38.1 Å². The van der Waals surface area contributed by atoms with Gasteiger partial charge < -0.3 is 9.80 Å². The van der Waals surface area contributed by atoms with Crippen molar-refractivity contribution in [3.05, 3.63) is 37.1 Å². The molecule has 1 saturated heterocycles. The SMILES string of the molecule is CN1CCN(c2ncncc2-c2cccnc2)CC1. The van der Waals surface area contributed by atoms with Crippen LogP contribution in [0.4, 0.5) is 5.82 Å². The van der Waals surface area contributed by atoms with Crippen molar-refractivity contribution in [1.29, 1.82) is 0 Å². The number of hydrogen-bond donors (Lipinski definition) is 0. The van der Waals surface area contributed by atoms with E-state index in [-0.39, 0.29) is 0 Å². The van der Waals surface area contributed by atoms with Gasteiger partial charge in [0.2, 0.25) is 0 Å². The minimum Gasteiger partial charge on any atom is -0.353 e. The van der Waals surface area contributed by atoms with Gasteiger partial charge in [-0.25, -0.2) is 9.97 Å². The Kier molecular flexibility index (Phi) is 3.37. The topological polar surface area (TPSA) is 45.2 Å². The molecule has 5 nitrogen and oxygen atoms in total. The van der Waals surface area contributed by atoms with Crippen molar-refractivity contribution >= 4 is 5.82 Å². The lowest BCUT2D eigenvalue weighted by Gasteiger charge is -2.34. The van der Waals surface area contributed by atoms with Gasteiger partial charge in [-0.3, -0.25) is 4.98 Å². The second-order valence-corrected chi connectivity index (χ2v) is 4.79. The van der Waals surface area contributed by atoms with Crippen LogP contribution in [0.2, 0.25) is 0 Å². The highest BCUT2D eigenvalue weighted by Gasteiger charge is 2.18. The molecule has 98 valence electrons. The standard InChI is InChI=1S/C14H17N5/c1-18-5-7-19(8-6-18)14-13(10-16-11-17-14)12-3-2-4-15-9-12/h2-4,9-11H,5-8H2,1H3. The summed E-state index contributed by atoms with van der Waals surface area (Å²) in [7, 11) is 2.15. The zero-order valence-corrected chi connectivity index (χ0v) is 11.0. The molecule has 1 aliphatic rings. The van der Waals surface area contributed by atoms with E-state index >= 15 is 0 Å². The van der Waals surface area contributed by atoms with Crippen molar-refractivity contribution in [1.82, 2.24) is 19.9 Å². The molecule has 0 aromatic carbocycles. The highest BCUT2D eigenvalue weighted by Crippen LogP contribution is 2.27. The van der Waals surface area contributed by atoms with Crippen LogP contribution in [-0.2, 0) is 0 Å². The molecule has 0 atom stereocenters. The zero-order valence-electron chi connectivity index (χ0n) is 11.0. The van der Waals surface area contributed by atoms with Crippen LogP contribution < -0.4 is 4.90 Å². The van der Waals surface area contributed by atoms with Gasteiger partial charge >= 0.3 is 0 Å². The minimum absolute atomic E-state index is 1.00. The minimum atomic E-state index is 1.00. The fraction of sp³-hybridized carbons (Fsp3) is 0.357. The van der Waals surface area contributed by atoms with E-state index in [1.54, 1.807) is 12.5 Å². The van der Waals surface area contributed by atoms with E-state index < -0.39 is 0 Å². The summed E-state index contributed by atoms with van der Waals surface area (Å²) in [4.78, 5) is 17.5. The first-order chi connectivity index (χ1) is 9.34. The van der Waals surface area contributed by atoms with Gasteiger partial charge in [-0.1, -0.05) is 6.07 Å². The summed E-state index contributed by atoms with van der Waals surface area (Å²) in [5, 5.41) is 0. The van der Waals surface area contributed by atoms with Gasteiger partial charge in [0, 0.05) is 55.9 Å². The highest BCUT2D eigenvalue weighted by atomic mass is 15.3. The molecule has 0 saturated carbocycles. The van der Waals surface area contributed by atoms with Gasteiger partial charge in [-0.05, 0) is 13.1 Å². The largest absolute Gasteiger partial charge is 0.353 e. The third-order valence-corrected chi connectivity index (χ3v) is 3.47. The molecule has 0 N–H and O–H groups in total. The molecule has 3 rings (SSSR count). The third-order valence-electron chi connectivity index (χ3n) is 3.47. The predicted molar refractivity (Wildman–Crippen MR) is 75.0 cm³/mol. The van der Waals surface area contributed by atoms with Crippen molar-refractivity contribution in [3.63, 3.8) is 0 Å². The number of nitrogens with zero attached hydrogens (tertiary/aromatic N) is 5. The average molecular weight is 255 g/mol. The molecule has 2 aromatic heterocycles. The van der Waals surface area contributed by atoms with Crippen LogP contribution in [0.5, 0.6) is 0 Å². The summed E-state index contributed by atoms with van der Waals surface area (Å²) in [6.45, 7) is 4.13. The van der Waals surface area contributed by atoms with Crippen molar-refractivity contribution < 1.29 is 0 Å². The second-order valence-electron chi connectivity index (χ2n) is 4.79. The molecule has 0 bridgehead atoms. The summed E-state index contributed by atoms with van der Waals surface area (Å²) in [6, 6.07) is 3.99. The normalized spacial score (nSPS) is 16.6. The second kappa shape index (κ2) is 5.32. The van der Waals surface area contributed by atoms with Crippen molar-refractivity contribution in [3.8, 4) is 11.1 Å². The molecular formula is C14H17N5. The lowest BCUT2D eigenvalue weighted by atomic mass is 10.1. The predicted octanol–water partition coefficient (Wildman–Crippen LogP) is 1.29. The number of pyridine rings is 1. The van der Waals surface area contributed by atoms with E-state index in [9.17, 15) is 0 Å². The molecule has 0 radical (unpaired) electrons. The van der Waals surface area contributed by atoms with Gasteiger partial charge in [-0.15, -0.1) is 0 Å².